The standard InChI is InChI=1S/C25H37N7O2S/c1-17-13-22(19(14-26)23(27-3)28-17)31-12-5-21-20(15-31)18(2)29-32(21)16-24-6-9-25(10-7-24,11-8-24)30-35(4,33)34/h13-14,26,30H,5-12,15-16H2,1-4H3,(H,27,28). The molecule has 190 valence electrons. The summed E-state index contributed by atoms with van der Waals surface area (Å²) in [6, 6.07) is 2.08. The normalized spacial score (nSPS) is 26.0. The Kier molecular flexibility index (Phi) is 5.95. The third-order valence-corrected chi connectivity index (χ3v) is 9.31. The number of aromatic nitrogens is 3. The van der Waals surface area contributed by atoms with Gasteiger partial charge in [-0.05, 0) is 63.9 Å². The maximum atomic E-state index is 11.9. The largest absolute Gasteiger partial charge is 0.373 e. The Morgan fingerprint density at radius 2 is 1.86 bits per heavy atom. The summed E-state index contributed by atoms with van der Waals surface area (Å²) < 4.78 is 29.0. The second-order valence-corrected chi connectivity index (χ2v) is 12.7. The lowest BCUT2D eigenvalue weighted by atomic mass is 9.57. The van der Waals surface area contributed by atoms with E-state index >= 15 is 0 Å². The molecule has 9 nitrogen and oxygen atoms in total. The lowest BCUT2D eigenvalue weighted by Gasteiger charge is -2.53. The molecule has 3 aliphatic carbocycles. The average molecular weight is 500 g/mol. The highest BCUT2D eigenvalue weighted by Gasteiger charge is 2.50. The quantitative estimate of drug-likeness (QED) is 0.504. The van der Waals surface area contributed by atoms with Gasteiger partial charge >= 0.3 is 0 Å². The van der Waals surface area contributed by atoms with Gasteiger partial charge in [-0.2, -0.15) is 5.10 Å². The molecule has 0 unspecified atom stereocenters. The Hall–Kier alpha value is -2.46. The highest BCUT2D eigenvalue weighted by molar-refractivity contribution is 7.88. The van der Waals surface area contributed by atoms with E-state index < -0.39 is 10.0 Å². The predicted molar refractivity (Wildman–Crippen MR) is 139 cm³/mol. The number of hydrogen-bond donors (Lipinski definition) is 3. The fourth-order valence-electron chi connectivity index (χ4n) is 6.62. The fourth-order valence-corrected chi connectivity index (χ4v) is 7.72. The number of anilines is 2. The van der Waals surface area contributed by atoms with Crippen LogP contribution in [0.5, 0.6) is 0 Å². The van der Waals surface area contributed by atoms with Crippen molar-refractivity contribution in [3.63, 3.8) is 0 Å². The molecule has 10 heteroatoms. The van der Waals surface area contributed by atoms with E-state index in [9.17, 15) is 8.42 Å². The summed E-state index contributed by atoms with van der Waals surface area (Å²) in [4.78, 5) is 6.90. The lowest BCUT2D eigenvalue weighted by Crippen LogP contribution is -2.57. The van der Waals surface area contributed by atoms with Crippen LogP contribution in [0.2, 0.25) is 0 Å². The SMILES string of the molecule is CNc1nc(C)cc(N2CCc3c(c(C)nn3CC34CCC(NS(C)(=O)=O)(CC3)CC4)C2)c1C=N. The Bertz CT molecular complexity index is 1240. The van der Waals surface area contributed by atoms with Gasteiger partial charge in [-0.1, -0.05) is 0 Å². The van der Waals surface area contributed by atoms with Crippen molar-refractivity contribution in [1.82, 2.24) is 19.5 Å². The molecule has 0 atom stereocenters. The highest BCUT2D eigenvalue weighted by Crippen LogP contribution is 2.53. The van der Waals surface area contributed by atoms with Crippen LogP contribution in [0.25, 0.3) is 0 Å². The van der Waals surface area contributed by atoms with Crippen molar-refractivity contribution in [2.24, 2.45) is 5.41 Å². The first-order valence-electron chi connectivity index (χ1n) is 12.5. The number of aryl methyl sites for hydroxylation is 2. The van der Waals surface area contributed by atoms with E-state index in [0.717, 1.165) is 93.0 Å². The van der Waals surface area contributed by atoms with Gasteiger partial charge < -0.3 is 15.6 Å². The fraction of sp³-hybridized carbons (Fsp3) is 0.640. The van der Waals surface area contributed by atoms with Crippen LogP contribution in [0.15, 0.2) is 6.07 Å². The minimum absolute atomic E-state index is 0.210. The van der Waals surface area contributed by atoms with Crippen molar-refractivity contribution in [2.75, 3.05) is 30.1 Å². The van der Waals surface area contributed by atoms with Crippen LogP contribution in [0, 0.1) is 24.7 Å². The molecule has 1 aliphatic heterocycles. The third-order valence-electron chi connectivity index (χ3n) is 8.51. The van der Waals surface area contributed by atoms with Crippen LogP contribution in [0.1, 0.15) is 66.7 Å². The molecular formula is C25H37N7O2S. The lowest BCUT2D eigenvalue weighted by molar-refractivity contribution is 0.0186. The van der Waals surface area contributed by atoms with Crippen molar-refractivity contribution in [1.29, 1.82) is 5.41 Å². The Morgan fingerprint density at radius 3 is 2.46 bits per heavy atom. The summed E-state index contributed by atoms with van der Waals surface area (Å²) in [6.07, 6.45) is 9.46. The molecule has 0 aromatic carbocycles. The Labute approximate surface area is 208 Å². The van der Waals surface area contributed by atoms with Crippen molar-refractivity contribution in [2.45, 2.75) is 77.4 Å². The molecule has 3 saturated carbocycles. The summed E-state index contributed by atoms with van der Waals surface area (Å²) in [5, 5.41) is 16.1. The maximum Gasteiger partial charge on any atom is 0.209 e. The predicted octanol–water partition coefficient (Wildman–Crippen LogP) is 3.14. The topological polar surface area (TPSA) is 116 Å². The van der Waals surface area contributed by atoms with Crippen molar-refractivity contribution in [3.8, 4) is 0 Å². The van der Waals surface area contributed by atoms with E-state index in [1.165, 1.54) is 23.7 Å². The smallest absolute Gasteiger partial charge is 0.209 e. The first-order valence-corrected chi connectivity index (χ1v) is 14.4. The van der Waals surface area contributed by atoms with Crippen molar-refractivity contribution in [3.05, 3.63) is 34.3 Å². The molecule has 2 aromatic rings. The Balaban J connectivity index is 1.36. The van der Waals surface area contributed by atoms with Crippen LogP contribution in [-0.2, 0) is 29.5 Å². The molecule has 2 bridgehead atoms. The molecular weight excluding hydrogens is 462 g/mol. The number of sulfonamides is 1. The van der Waals surface area contributed by atoms with Crippen LogP contribution in [0.3, 0.4) is 0 Å². The van der Waals surface area contributed by atoms with Crippen LogP contribution < -0.4 is 14.9 Å². The van der Waals surface area contributed by atoms with Gasteiger partial charge in [0.05, 0.1) is 23.2 Å². The first-order chi connectivity index (χ1) is 16.6. The van der Waals surface area contributed by atoms with Gasteiger partial charge in [-0.15, -0.1) is 0 Å². The number of pyridine rings is 1. The molecule has 3 N–H and O–H groups in total. The molecule has 6 rings (SSSR count). The molecule has 35 heavy (non-hydrogen) atoms. The number of hydrogen-bond acceptors (Lipinski definition) is 7. The summed E-state index contributed by atoms with van der Waals surface area (Å²) in [5.41, 5.74) is 6.48. The van der Waals surface area contributed by atoms with Gasteiger partial charge in [0.1, 0.15) is 5.82 Å². The van der Waals surface area contributed by atoms with E-state index in [0.29, 0.717) is 0 Å². The van der Waals surface area contributed by atoms with E-state index in [1.807, 2.05) is 14.0 Å². The van der Waals surface area contributed by atoms with Crippen molar-refractivity contribution < 1.29 is 8.42 Å². The van der Waals surface area contributed by atoms with Crippen LogP contribution >= 0.6 is 0 Å². The highest BCUT2D eigenvalue weighted by atomic mass is 32.2. The van der Waals surface area contributed by atoms with Gasteiger partial charge in [0, 0.05) is 61.8 Å². The molecule has 4 aliphatic rings. The van der Waals surface area contributed by atoms with Crippen LogP contribution in [-0.4, -0.2) is 54.8 Å². The van der Waals surface area contributed by atoms with Gasteiger partial charge in [0.15, 0.2) is 0 Å². The minimum atomic E-state index is -3.19. The molecule has 3 heterocycles. The van der Waals surface area contributed by atoms with Gasteiger partial charge in [0.2, 0.25) is 10.0 Å². The third kappa shape index (κ3) is 4.46. The summed E-state index contributed by atoms with van der Waals surface area (Å²) in [6.45, 7) is 6.67. The van der Waals surface area contributed by atoms with E-state index in [1.54, 1.807) is 0 Å². The summed E-state index contributed by atoms with van der Waals surface area (Å²) in [5.74, 6) is 0.739. The molecule has 2 aromatic heterocycles. The molecule has 3 fully saturated rings. The average Bonchev–Trinajstić information content (AvgIpc) is 3.12. The molecule has 0 saturated heterocycles. The monoisotopic (exact) mass is 499 g/mol. The van der Waals surface area contributed by atoms with E-state index in [2.05, 4.69) is 37.6 Å². The zero-order valence-corrected chi connectivity index (χ0v) is 22.1. The summed E-state index contributed by atoms with van der Waals surface area (Å²) >= 11 is 0. The van der Waals surface area contributed by atoms with Gasteiger partial charge in [0.25, 0.3) is 0 Å². The minimum Gasteiger partial charge on any atom is -0.373 e. The number of rotatable bonds is 7. The van der Waals surface area contributed by atoms with Crippen LogP contribution in [0.4, 0.5) is 11.5 Å². The van der Waals surface area contributed by atoms with E-state index in [4.69, 9.17) is 10.5 Å². The molecule has 0 amide bonds. The first kappa shape index (κ1) is 24.2. The maximum absolute atomic E-state index is 11.9. The second-order valence-electron chi connectivity index (χ2n) is 10.9. The number of nitrogens with zero attached hydrogens (tertiary/aromatic N) is 4. The zero-order chi connectivity index (χ0) is 25.0. The number of fused-ring (bicyclic) bond motifs is 4. The Morgan fingerprint density at radius 1 is 1.17 bits per heavy atom. The molecule has 0 spiro atoms. The zero-order valence-electron chi connectivity index (χ0n) is 21.2. The number of nitrogens with one attached hydrogen (secondary N) is 3. The molecule has 0 radical (unpaired) electrons. The second kappa shape index (κ2) is 8.58. The van der Waals surface area contributed by atoms with Crippen molar-refractivity contribution >= 4 is 27.7 Å². The van der Waals surface area contributed by atoms with Gasteiger partial charge in [-0.3, -0.25) is 4.68 Å². The van der Waals surface area contributed by atoms with Gasteiger partial charge in [-0.25, -0.2) is 18.1 Å². The summed E-state index contributed by atoms with van der Waals surface area (Å²) in [7, 11) is -1.35. The van der Waals surface area contributed by atoms with E-state index in [-0.39, 0.29) is 11.0 Å².